The monoisotopic (exact) mass is 210 g/mol. The van der Waals surface area contributed by atoms with Gasteiger partial charge in [0.15, 0.2) is 0 Å². The van der Waals surface area contributed by atoms with E-state index in [4.69, 9.17) is 16.2 Å². The minimum absolute atomic E-state index is 0.185. The van der Waals surface area contributed by atoms with E-state index in [9.17, 15) is 10.2 Å². The molecular formula is C10H14N2O3. The van der Waals surface area contributed by atoms with Crippen molar-refractivity contribution in [2.24, 2.45) is 5.73 Å². The summed E-state index contributed by atoms with van der Waals surface area (Å²) in [6, 6.07) is 6.47. The summed E-state index contributed by atoms with van der Waals surface area (Å²) in [4.78, 5) is 0. The van der Waals surface area contributed by atoms with Crippen LogP contribution in [0.3, 0.4) is 0 Å². The van der Waals surface area contributed by atoms with Gasteiger partial charge in [0.25, 0.3) is 0 Å². The fourth-order valence-corrected chi connectivity index (χ4v) is 1.31. The van der Waals surface area contributed by atoms with Gasteiger partial charge in [-0.2, -0.15) is 0 Å². The summed E-state index contributed by atoms with van der Waals surface area (Å²) < 4.78 is 0. The van der Waals surface area contributed by atoms with Crippen LogP contribution < -0.4 is 5.73 Å². The highest BCUT2D eigenvalue weighted by Gasteiger charge is 2.20. The normalized spacial score (nSPS) is 14.6. The number of nitrogens with two attached hydrogens (primary N) is 1. The lowest BCUT2D eigenvalue weighted by Crippen LogP contribution is -2.25. The van der Waals surface area contributed by atoms with Gasteiger partial charge in [-0.3, -0.25) is 5.41 Å². The summed E-state index contributed by atoms with van der Waals surface area (Å²) in [6.45, 7) is -0.548. The Morgan fingerprint density at radius 1 is 1.33 bits per heavy atom. The molecule has 0 aliphatic heterocycles. The number of nitrogens with one attached hydrogen (secondary N) is 1. The Kier molecular flexibility index (Phi) is 3.79. The largest absolute Gasteiger partial charge is 0.394 e. The smallest absolute Gasteiger partial charge is 0.123 e. The second kappa shape index (κ2) is 4.88. The molecule has 0 heterocycles. The van der Waals surface area contributed by atoms with Gasteiger partial charge in [-0.05, 0) is 5.56 Å². The molecule has 1 aromatic rings. The van der Waals surface area contributed by atoms with E-state index < -0.39 is 18.8 Å². The van der Waals surface area contributed by atoms with Crippen LogP contribution in [0.4, 0.5) is 0 Å². The Morgan fingerprint density at radius 3 is 2.47 bits per heavy atom. The Labute approximate surface area is 87.3 Å². The molecule has 0 amide bonds. The molecule has 0 spiro atoms. The van der Waals surface area contributed by atoms with Gasteiger partial charge < -0.3 is 21.1 Å². The zero-order valence-corrected chi connectivity index (χ0v) is 8.09. The van der Waals surface area contributed by atoms with Gasteiger partial charge in [-0.15, -0.1) is 0 Å². The molecule has 0 aliphatic rings. The van der Waals surface area contributed by atoms with E-state index in [-0.39, 0.29) is 5.84 Å². The van der Waals surface area contributed by atoms with Gasteiger partial charge in [0.2, 0.25) is 0 Å². The molecule has 82 valence electrons. The predicted octanol–water partition coefficient (Wildman–Crippen LogP) is -0.643. The number of benzene rings is 1. The summed E-state index contributed by atoms with van der Waals surface area (Å²) in [7, 11) is 0. The van der Waals surface area contributed by atoms with Crippen LogP contribution in [0.15, 0.2) is 24.3 Å². The van der Waals surface area contributed by atoms with Gasteiger partial charge in [0, 0.05) is 5.56 Å². The maximum Gasteiger partial charge on any atom is 0.123 e. The molecule has 5 heteroatoms. The van der Waals surface area contributed by atoms with Gasteiger partial charge in [0.1, 0.15) is 18.0 Å². The first-order valence-corrected chi connectivity index (χ1v) is 4.48. The van der Waals surface area contributed by atoms with Crippen molar-refractivity contribution in [1.82, 2.24) is 0 Å². The highest BCUT2D eigenvalue weighted by Crippen LogP contribution is 2.20. The zero-order chi connectivity index (χ0) is 11.4. The molecule has 0 bridgehead atoms. The number of aliphatic hydroxyl groups is 3. The van der Waals surface area contributed by atoms with Crippen molar-refractivity contribution in [3.63, 3.8) is 0 Å². The average molecular weight is 210 g/mol. The van der Waals surface area contributed by atoms with Crippen LogP contribution in [0.25, 0.3) is 0 Å². The summed E-state index contributed by atoms with van der Waals surface area (Å²) in [5.74, 6) is -0.185. The molecule has 0 aromatic heterocycles. The van der Waals surface area contributed by atoms with E-state index in [2.05, 4.69) is 0 Å². The molecule has 15 heavy (non-hydrogen) atoms. The van der Waals surface area contributed by atoms with E-state index >= 15 is 0 Å². The Bertz CT molecular complexity index is 354. The number of hydrogen-bond donors (Lipinski definition) is 5. The molecule has 6 N–H and O–H groups in total. The topological polar surface area (TPSA) is 111 Å². The quantitative estimate of drug-likeness (QED) is 0.336. The van der Waals surface area contributed by atoms with E-state index in [1.807, 2.05) is 0 Å². The zero-order valence-electron chi connectivity index (χ0n) is 8.09. The first-order chi connectivity index (χ1) is 7.07. The molecule has 0 aliphatic carbocycles. The third-order valence-electron chi connectivity index (χ3n) is 2.12. The van der Waals surface area contributed by atoms with Crippen LogP contribution in [-0.4, -0.2) is 33.9 Å². The predicted molar refractivity (Wildman–Crippen MR) is 55.5 cm³/mol. The number of amidine groups is 1. The third kappa shape index (κ3) is 2.53. The van der Waals surface area contributed by atoms with E-state index in [1.54, 1.807) is 24.3 Å². The maximum atomic E-state index is 9.66. The Hall–Kier alpha value is -1.43. The second-order valence-electron chi connectivity index (χ2n) is 3.20. The summed E-state index contributed by atoms with van der Waals surface area (Å²) in [5, 5.41) is 34.9. The van der Waals surface area contributed by atoms with Crippen LogP contribution in [0.1, 0.15) is 17.2 Å². The summed E-state index contributed by atoms with van der Waals surface area (Å²) >= 11 is 0. The summed E-state index contributed by atoms with van der Waals surface area (Å²) in [5.41, 5.74) is 6.02. The van der Waals surface area contributed by atoms with Crippen LogP contribution in [-0.2, 0) is 0 Å². The van der Waals surface area contributed by atoms with E-state index in [1.165, 1.54) is 0 Å². The van der Waals surface area contributed by atoms with Crippen LogP contribution in [0.2, 0.25) is 0 Å². The van der Waals surface area contributed by atoms with Crippen LogP contribution in [0.5, 0.6) is 0 Å². The van der Waals surface area contributed by atoms with Crippen molar-refractivity contribution in [1.29, 1.82) is 5.41 Å². The van der Waals surface area contributed by atoms with Gasteiger partial charge in [-0.25, -0.2) is 0 Å². The fourth-order valence-electron chi connectivity index (χ4n) is 1.31. The van der Waals surface area contributed by atoms with Crippen LogP contribution in [0, 0.1) is 5.41 Å². The molecule has 0 fully saturated rings. The third-order valence-corrected chi connectivity index (χ3v) is 2.12. The second-order valence-corrected chi connectivity index (χ2v) is 3.20. The first-order valence-electron chi connectivity index (χ1n) is 4.48. The molecule has 5 nitrogen and oxygen atoms in total. The fraction of sp³-hybridized carbons (Fsp3) is 0.300. The Balaban J connectivity index is 3.07. The molecule has 0 saturated carbocycles. The first kappa shape index (κ1) is 11.6. The van der Waals surface area contributed by atoms with E-state index in [0.29, 0.717) is 11.1 Å². The lowest BCUT2D eigenvalue weighted by Gasteiger charge is -2.18. The molecular weight excluding hydrogens is 196 g/mol. The van der Waals surface area contributed by atoms with E-state index in [0.717, 1.165) is 0 Å². The Morgan fingerprint density at radius 2 is 1.93 bits per heavy atom. The number of aliphatic hydroxyl groups excluding tert-OH is 3. The van der Waals surface area contributed by atoms with Crippen molar-refractivity contribution in [2.75, 3.05) is 6.61 Å². The lowest BCUT2D eigenvalue weighted by molar-refractivity contribution is -0.0153. The van der Waals surface area contributed by atoms with Gasteiger partial charge in [-0.1, -0.05) is 24.3 Å². The van der Waals surface area contributed by atoms with Crippen molar-refractivity contribution < 1.29 is 15.3 Å². The van der Waals surface area contributed by atoms with Crippen molar-refractivity contribution in [2.45, 2.75) is 12.2 Å². The lowest BCUT2D eigenvalue weighted by atomic mass is 9.98. The highest BCUT2D eigenvalue weighted by molar-refractivity contribution is 5.96. The molecule has 0 radical (unpaired) electrons. The standard InChI is InChI=1S/C10H14N2O3/c11-10(12)7-4-2-1-3-6(7)9(15)8(14)5-13/h1-4,8-9,13-15H,5H2,(H3,11,12). The van der Waals surface area contributed by atoms with Gasteiger partial charge in [0.05, 0.1) is 6.61 Å². The van der Waals surface area contributed by atoms with Crippen molar-refractivity contribution >= 4 is 5.84 Å². The summed E-state index contributed by atoms with van der Waals surface area (Å²) in [6.07, 6.45) is -2.51. The molecule has 2 unspecified atom stereocenters. The molecule has 0 saturated heterocycles. The number of rotatable bonds is 4. The SMILES string of the molecule is N=C(N)c1ccccc1C(O)C(O)CO. The van der Waals surface area contributed by atoms with Gasteiger partial charge >= 0.3 is 0 Å². The minimum Gasteiger partial charge on any atom is -0.394 e. The number of hydrogen-bond acceptors (Lipinski definition) is 4. The highest BCUT2D eigenvalue weighted by atomic mass is 16.4. The minimum atomic E-state index is -1.27. The molecule has 1 aromatic carbocycles. The molecule has 2 atom stereocenters. The van der Waals surface area contributed by atoms with Crippen LogP contribution >= 0.6 is 0 Å². The number of nitrogen functional groups attached to an aromatic ring is 1. The maximum absolute atomic E-state index is 9.66. The average Bonchev–Trinajstić information content (AvgIpc) is 2.27. The van der Waals surface area contributed by atoms with Crippen molar-refractivity contribution in [3.8, 4) is 0 Å². The molecule has 1 rings (SSSR count). The van der Waals surface area contributed by atoms with Crippen molar-refractivity contribution in [3.05, 3.63) is 35.4 Å².